The smallest absolute Gasteiger partial charge is 0.233 e. The molecule has 3 heterocycles. The molecule has 5 nitrogen and oxygen atoms in total. The number of aromatic amines is 1. The maximum atomic E-state index is 6.15. The molecule has 1 aliphatic heterocycles. The average molecular weight is 317 g/mol. The van der Waals surface area contributed by atoms with E-state index in [4.69, 9.17) is 16.0 Å². The van der Waals surface area contributed by atoms with Gasteiger partial charge in [0.15, 0.2) is 0 Å². The van der Waals surface area contributed by atoms with Gasteiger partial charge in [-0.15, -0.1) is 10.2 Å². The fraction of sp³-hybridized carbons (Fsp3) is 0.375. The number of benzene rings is 1. The first-order chi connectivity index (χ1) is 10.6. The highest BCUT2D eigenvalue weighted by Crippen LogP contribution is 2.32. The summed E-state index contributed by atoms with van der Waals surface area (Å²) in [4.78, 5) is 5.87. The first-order valence-corrected chi connectivity index (χ1v) is 7.82. The Balaban J connectivity index is 1.68. The van der Waals surface area contributed by atoms with E-state index in [1.54, 1.807) is 0 Å². The van der Waals surface area contributed by atoms with Crippen LogP contribution in [0.1, 0.15) is 36.0 Å². The lowest BCUT2D eigenvalue weighted by molar-refractivity contribution is 0.165. The Morgan fingerprint density at radius 1 is 1.36 bits per heavy atom. The molecule has 0 spiro atoms. The van der Waals surface area contributed by atoms with Crippen LogP contribution < -0.4 is 0 Å². The predicted molar refractivity (Wildman–Crippen MR) is 84.9 cm³/mol. The Morgan fingerprint density at radius 2 is 2.23 bits per heavy atom. The van der Waals surface area contributed by atoms with Gasteiger partial charge in [0.2, 0.25) is 11.8 Å². The summed E-state index contributed by atoms with van der Waals surface area (Å²) in [5.41, 5.74) is 3.78. The van der Waals surface area contributed by atoms with Gasteiger partial charge < -0.3 is 9.40 Å². The van der Waals surface area contributed by atoms with E-state index in [0.717, 1.165) is 30.0 Å². The van der Waals surface area contributed by atoms with Crippen molar-refractivity contribution < 1.29 is 4.42 Å². The van der Waals surface area contributed by atoms with E-state index in [1.807, 2.05) is 25.1 Å². The normalized spacial score (nSPS) is 16.9. The van der Waals surface area contributed by atoms with Gasteiger partial charge in [0.25, 0.3) is 0 Å². The summed E-state index contributed by atoms with van der Waals surface area (Å²) in [6.45, 7) is 5.76. The van der Waals surface area contributed by atoms with Crippen molar-refractivity contribution >= 4 is 22.5 Å². The van der Waals surface area contributed by atoms with Crippen LogP contribution in [0.25, 0.3) is 10.9 Å². The molecule has 2 aromatic heterocycles. The average Bonchev–Trinajstić information content (AvgIpc) is 3.09. The molecule has 22 heavy (non-hydrogen) atoms. The van der Waals surface area contributed by atoms with Crippen molar-refractivity contribution in [2.75, 3.05) is 6.54 Å². The minimum atomic E-state index is 0.110. The molecule has 6 heteroatoms. The Kier molecular flexibility index (Phi) is 3.20. The molecule has 3 aromatic rings. The van der Waals surface area contributed by atoms with E-state index in [1.165, 1.54) is 16.6 Å². The van der Waals surface area contributed by atoms with Crippen molar-refractivity contribution in [3.63, 3.8) is 0 Å². The maximum Gasteiger partial charge on any atom is 0.233 e. The fourth-order valence-corrected chi connectivity index (χ4v) is 3.35. The lowest BCUT2D eigenvalue weighted by atomic mass is 10.0. The van der Waals surface area contributed by atoms with E-state index in [9.17, 15) is 0 Å². The zero-order chi connectivity index (χ0) is 15.3. The van der Waals surface area contributed by atoms with Gasteiger partial charge >= 0.3 is 0 Å². The maximum absolute atomic E-state index is 6.15. The standard InChI is InChI=1S/C16H17ClN4O/c1-9(16-20-19-10(2)22-16)21-6-5-15-13(8-21)12-7-11(17)3-4-14(12)18-15/h3-4,7,9,18H,5-6,8H2,1-2H3/t9-/m0/s1. The van der Waals surface area contributed by atoms with Gasteiger partial charge in [-0.1, -0.05) is 11.6 Å². The summed E-state index contributed by atoms with van der Waals surface area (Å²) >= 11 is 6.15. The molecule has 114 valence electrons. The van der Waals surface area contributed by atoms with Gasteiger partial charge in [-0.05, 0) is 30.7 Å². The summed E-state index contributed by atoms with van der Waals surface area (Å²) in [5, 5.41) is 10.1. The molecule has 0 radical (unpaired) electrons. The number of nitrogens with one attached hydrogen (secondary N) is 1. The third-order valence-corrected chi connectivity index (χ3v) is 4.65. The highest BCUT2D eigenvalue weighted by molar-refractivity contribution is 6.31. The largest absolute Gasteiger partial charge is 0.424 e. The van der Waals surface area contributed by atoms with Crippen molar-refractivity contribution in [2.24, 2.45) is 0 Å². The van der Waals surface area contributed by atoms with E-state index in [-0.39, 0.29) is 6.04 Å². The highest BCUT2D eigenvalue weighted by atomic mass is 35.5. The number of fused-ring (bicyclic) bond motifs is 3. The molecule has 0 bridgehead atoms. The van der Waals surface area contributed by atoms with E-state index < -0.39 is 0 Å². The molecule has 0 aliphatic carbocycles. The third kappa shape index (κ3) is 2.21. The highest BCUT2D eigenvalue weighted by Gasteiger charge is 2.27. The van der Waals surface area contributed by atoms with Crippen LogP contribution in [0.2, 0.25) is 5.02 Å². The zero-order valence-corrected chi connectivity index (χ0v) is 13.3. The molecule has 1 aromatic carbocycles. The van der Waals surface area contributed by atoms with Gasteiger partial charge in [-0.25, -0.2) is 0 Å². The van der Waals surface area contributed by atoms with Crippen molar-refractivity contribution in [3.8, 4) is 0 Å². The van der Waals surface area contributed by atoms with Crippen molar-refractivity contribution in [1.82, 2.24) is 20.1 Å². The van der Waals surface area contributed by atoms with Crippen LogP contribution in [0, 0.1) is 6.92 Å². The lowest BCUT2D eigenvalue weighted by Gasteiger charge is -2.30. The van der Waals surface area contributed by atoms with Gasteiger partial charge in [-0.3, -0.25) is 4.90 Å². The van der Waals surface area contributed by atoms with Gasteiger partial charge in [0, 0.05) is 48.1 Å². The van der Waals surface area contributed by atoms with Gasteiger partial charge in [0.1, 0.15) is 0 Å². The number of aromatic nitrogens is 3. The van der Waals surface area contributed by atoms with Crippen LogP contribution in [-0.4, -0.2) is 26.6 Å². The molecule has 0 saturated carbocycles. The Hall–Kier alpha value is -1.85. The molecule has 1 N–H and O–H groups in total. The summed E-state index contributed by atoms with van der Waals surface area (Å²) in [6.07, 6.45) is 0.985. The van der Waals surface area contributed by atoms with E-state index in [0.29, 0.717) is 11.8 Å². The summed E-state index contributed by atoms with van der Waals surface area (Å²) in [7, 11) is 0. The number of aryl methyl sites for hydroxylation is 1. The number of nitrogens with zero attached hydrogens (tertiary/aromatic N) is 3. The Morgan fingerprint density at radius 3 is 3.00 bits per heavy atom. The predicted octanol–water partition coefficient (Wildman–Crippen LogP) is 3.63. The number of hydrogen-bond donors (Lipinski definition) is 1. The molecule has 0 amide bonds. The molecule has 0 saturated heterocycles. The molecule has 1 aliphatic rings. The van der Waals surface area contributed by atoms with Crippen LogP contribution in [-0.2, 0) is 13.0 Å². The molecular formula is C16H17ClN4O. The first-order valence-electron chi connectivity index (χ1n) is 7.45. The lowest BCUT2D eigenvalue weighted by Crippen LogP contribution is -2.32. The molecule has 0 unspecified atom stereocenters. The molecule has 4 rings (SSSR count). The van der Waals surface area contributed by atoms with Crippen LogP contribution in [0.15, 0.2) is 22.6 Å². The summed E-state index contributed by atoms with van der Waals surface area (Å²) in [6, 6.07) is 6.12. The summed E-state index contributed by atoms with van der Waals surface area (Å²) < 4.78 is 5.58. The molecular weight excluding hydrogens is 300 g/mol. The third-order valence-electron chi connectivity index (χ3n) is 4.41. The number of halogens is 1. The van der Waals surface area contributed by atoms with Crippen LogP contribution in [0.4, 0.5) is 0 Å². The first kappa shape index (κ1) is 13.8. The summed E-state index contributed by atoms with van der Waals surface area (Å²) in [5.74, 6) is 1.29. The SMILES string of the molecule is Cc1nnc([C@H](C)N2CCc3[nH]c4ccc(Cl)cc4c3C2)o1. The number of rotatable bonds is 2. The fourth-order valence-electron chi connectivity index (χ4n) is 3.17. The van der Waals surface area contributed by atoms with Gasteiger partial charge in [-0.2, -0.15) is 0 Å². The van der Waals surface area contributed by atoms with Crippen molar-refractivity contribution in [1.29, 1.82) is 0 Å². The monoisotopic (exact) mass is 316 g/mol. The number of hydrogen-bond acceptors (Lipinski definition) is 4. The second-order valence-electron chi connectivity index (χ2n) is 5.83. The zero-order valence-electron chi connectivity index (χ0n) is 12.6. The van der Waals surface area contributed by atoms with Crippen molar-refractivity contribution in [3.05, 3.63) is 46.3 Å². The van der Waals surface area contributed by atoms with Crippen LogP contribution in [0.3, 0.4) is 0 Å². The Bertz CT molecular complexity index is 838. The van der Waals surface area contributed by atoms with Crippen LogP contribution >= 0.6 is 11.6 Å². The minimum absolute atomic E-state index is 0.110. The molecule has 0 fully saturated rings. The van der Waals surface area contributed by atoms with E-state index in [2.05, 4.69) is 27.0 Å². The van der Waals surface area contributed by atoms with Gasteiger partial charge in [0.05, 0.1) is 6.04 Å². The van der Waals surface area contributed by atoms with Crippen molar-refractivity contribution in [2.45, 2.75) is 32.9 Å². The second-order valence-corrected chi connectivity index (χ2v) is 6.26. The minimum Gasteiger partial charge on any atom is -0.424 e. The topological polar surface area (TPSA) is 58.0 Å². The second kappa shape index (κ2) is 5.11. The Labute approximate surface area is 133 Å². The molecule has 1 atom stereocenters. The van der Waals surface area contributed by atoms with E-state index >= 15 is 0 Å². The number of H-pyrrole nitrogens is 1. The quantitative estimate of drug-likeness (QED) is 0.784. The van der Waals surface area contributed by atoms with Crippen LogP contribution in [0.5, 0.6) is 0 Å².